The number of methoxy groups -OCH3 is 3. The van der Waals surface area contributed by atoms with Gasteiger partial charge < -0.3 is 25.3 Å². The van der Waals surface area contributed by atoms with Gasteiger partial charge in [-0.2, -0.15) is 0 Å². The molecule has 0 aliphatic carbocycles. The molecule has 18 heavy (non-hydrogen) atoms. The SMILES string of the molecule is COc1ccccc1NC(CN)CC(OC)OC. The highest BCUT2D eigenvalue weighted by Crippen LogP contribution is 2.24. The van der Waals surface area contributed by atoms with Gasteiger partial charge in [-0.3, -0.25) is 0 Å². The van der Waals surface area contributed by atoms with Crippen LogP contribution in [0.5, 0.6) is 5.75 Å². The van der Waals surface area contributed by atoms with Crippen LogP contribution in [0.1, 0.15) is 6.42 Å². The summed E-state index contributed by atoms with van der Waals surface area (Å²) in [6, 6.07) is 7.79. The molecule has 0 amide bonds. The van der Waals surface area contributed by atoms with Gasteiger partial charge in [-0.05, 0) is 12.1 Å². The van der Waals surface area contributed by atoms with Crippen molar-refractivity contribution in [3.63, 3.8) is 0 Å². The summed E-state index contributed by atoms with van der Waals surface area (Å²) in [7, 11) is 4.88. The maximum absolute atomic E-state index is 5.76. The summed E-state index contributed by atoms with van der Waals surface area (Å²) in [5, 5.41) is 3.34. The van der Waals surface area contributed by atoms with Crippen molar-refractivity contribution in [1.29, 1.82) is 0 Å². The minimum absolute atomic E-state index is 0.0613. The second-order valence-electron chi connectivity index (χ2n) is 3.91. The Bertz CT molecular complexity index is 343. The van der Waals surface area contributed by atoms with Gasteiger partial charge in [0.05, 0.1) is 12.8 Å². The van der Waals surface area contributed by atoms with E-state index in [2.05, 4.69) is 5.32 Å². The lowest BCUT2D eigenvalue weighted by Gasteiger charge is -2.23. The molecule has 1 rings (SSSR count). The monoisotopic (exact) mass is 254 g/mol. The lowest BCUT2D eigenvalue weighted by Crippen LogP contribution is -2.34. The van der Waals surface area contributed by atoms with Gasteiger partial charge in [0.25, 0.3) is 0 Å². The number of ether oxygens (including phenoxy) is 3. The zero-order chi connectivity index (χ0) is 13.4. The van der Waals surface area contributed by atoms with E-state index in [1.54, 1.807) is 21.3 Å². The van der Waals surface area contributed by atoms with E-state index < -0.39 is 0 Å². The van der Waals surface area contributed by atoms with E-state index in [-0.39, 0.29) is 12.3 Å². The zero-order valence-electron chi connectivity index (χ0n) is 11.2. The van der Waals surface area contributed by atoms with Crippen molar-refractivity contribution >= 4 is 5.69 Å². The van der Waals surface area contributed by atoms with Gasteiger partial charge >= 0.3 is 0 Å². The molecule has 0 saturated heterocycles. The van der Waals surface area contributed by atoms with E-state index in [1.807, 2.05) is 24.3 Å². The number of hydrogen-bond acceptors (Lipinski definition) is 5. The smallest absolute Gasteiger partial charge is 0.158 e. The number of para-hydroxylation sites is 2. The van der Waals surface area contributed by atoms with Crippen LogP contribution >= 0.6 is 0 Å². The van der Waals surface area contributed by atoms with Crippen LogP contribution in [0.25, 0.3) is 0 Å². The van der Waals surface area contributed by atoms with Crippen LogP contribution in [-0.4, -0.2) is 40.2 Å². The Labute approximate surface area is 108 Å². The maximum Gasteiger partial charge on any atom is 0.158 e. The number of benzene rings is 1. The molecule has 102 valence electrons. The van der Waals surface area contributed by atoms with Crippen LogP contribution in [-0.2, 0) is 9.47 Å². The number of hydrogen-bond donors (Lipinski definition) is 2. The lowest BCUT2D eigenvalue weighted by atomic mass is 10.1. The molecule has 1 unspecified atom stereocenters. The van der Waals surface area contributed by atoms with Crippen LogP contribution in [0, 0.1) is 0 Å². The largest absolute Gasteiger partial charge is 0.495 e. The third-order valence-electron chi connectivity index (χ3n) is 2.75. The van der Waals surface area contributed by atoms with Crippen molar-refractivity contribution < 1.29 is 14.2 Å². The molecule has 1 aromatic rings. The highest BCUT2D eigenvalue weighted by molar-refractivity contribution is 5.56. The predicted octanol–water partition coefficient (Wildman–Crippen LogP) is 1.44. The third kappa shape index (κ3) is 4.18. The van der Waals surface area contributed by atoms with Crippen molar-refractivity contribution in [2.75, 3.05) is 33.2 Å². The van der Waals surface area contributed by atoms with Crippen molar-refractivity contribution in [3.05, 3.63) is 24.3 Å². The maximum atomic E-state index is 5.76. The first-order chi connectivity index (χ1) is 8.74. The number of rotatable bonds is 8. The van der Waals surface area contributed by atoms with Gasteiger partial charge in [0, 0.05) is 33.2 Å². The molecular weight excluding hydrogens is 232 g/mol. The molecule has 0 aromatic heterocycles. The Morgan fingerprint density at radius 2 is 1.83 bits per heavy atom. The summed E-state index contributed by atoms with van der Waals surface area (Å²) in [6.07, 6.45) is 0.405. The Morgan fingerprint density at radius 1 is 1.17 bits per heavy atom. The lowest BCUT2D eigenvalue weighted by molar-refractivity contribution is -0.107. The average molecular weight is 254 g/mol. The van der Waals surface area contributed by atoms with Gasteiger partial charge in [-0.25, -0.2) is 0 Å². The van der Waals surface area contributed by atoms with Crippen LogP contribution in [0.2, 0.25) is 0 Å². The fourth-order valence-corrected chi connectivity index (χ4v) is 1.72. The molecule has 3 N–H and O–H groups in total. The summed E-state index contributed by atoms with van der Waals surface area (Å²) in [6.45, 7) is 0.487. The van der Waals surface area contributed by atoms with Crippen molar-refractivity contribution in [2.45, 2.75) is 18.8 Å². The summed E-state index contributed by atoms with van der Waals surface area (Å²) >= 11 is 0. The third-order valence-corrected chi connectivity index (χ3v) is 2.75. The fraction of sp³-hybridized carbons (Fsp3) is 0.538. The topological polar surface area (TPSA) is 65.7 Å². The Balaban J connectivity index is 2.67. The van der Waals surface area contributed by atoms with Crippen LogP contribution in [0.3, 0.4) is 0 Å². The number of nitrogens with two attached hydrogens (primary N) is 1. The quantitative estimate of drug-likeness (QED) is 0.687. The second-order valence-corrected chi connectivity index (χ2v) is 3.91. The molecule has 5 nitrogen and oxygen atoms in total. The molecular formula is C13H22N2O3. The first kappa shape index (κ1) is 14.8. The summed E-state index contributed by atoms with van der Waals surface area (Å²) in [4.78, 5) is 0. The normalized spacial score (nSPS) is 12.5. The average Bonchev–Trinajstić information content (AvgIpc) is 2.43. The van der Waals surface area contributed by atoms with Crippen LogP contribution in [0.15, 0.2) is 24.3 Å². The Kier molecular flexibility index (Phi) is 6.49. The molecule has 5 heteroatoms. The Morgan fingerprint density at radius 3 is 2.39 bits per heavy atom. The van der Waals surface area contributed by atoms with E-state index in [0.717, 1.165) is 11.4 Å². The van der Waals surface area contributed by atoms with Crippen molar-refractivity contribution in [2.24, 2.45) is 5.73 Å². The minimum Gasteiger partial charge on any atom is -0.495 e. The summed E-state index contributed by atoms with van der Waals surface area (Å²) in [5.74, 6) is 0.794. The molecule has 0 radical (unpaired) electrons. The van der Waals surface area contributed by atoms with E-state index in [4.69, 9.17) is 19.9 Å². The van der Waals surface area contributed by atoms with Crippen molar-refractivity contribution in [1.82, 2.24) is 0 Å². The zero-order valence-corrected chi connectivity index (χ0v) is 11.2. The van der Waals surface area contributed by atoms with E-state index >= 15 is 0 Å². The molecule has 0 heterocycles. The van der Waals surface area contributed by atoms with E-state index in [0.29, 0.717) is 13.0 Å². The van der Waals surface area contributed by atoms with Crippen LogP contribution in [0.4, 0.5) is 5.69 Å². The van der Waals surface area contributed by atoms with Gasteiger partial charge in [0.15, 0.2) is 6.29 Å². The number of nitrogens with one attached hydrogen (secondary N) is 1. The highest BCUT2D eigenvalue weighted by Gasteiger charge is 2.15. The first-order valence-corrected chi connectivity index (χ1v) is 5.90. The second kappa shape index (κ2) is 7.92. The Hall–Kier alpha value is -1.30. The molecule has 0 spiro atoms. The molecule has 0 saturated carbocycles. The molecule has 0 bridgehead atoms. The van der Waals surface area contributed by atoms with Gasteiger partial charge in [0.1, 0.15) is 5.75 Å². The van der Waals surface area contributed by atoms with E-state index in [9.17, 15) is 0 Å². The molecule has 0 aliphatic heterocycles. The highest BCUT2D eigenvalue weighted by atomic mass is 16.7. The summed E-state index contributed by atoms with van der Waals surface area (Å²) < 4.78 is 15.6. The van der Waals surface area contributed by atoms with Crippen LogP contribution < -0.4 is 15.8 Å². The predicted molar refractivity (Wildman–Crippen MR) is 71.9 cm³/mol. The first-order valence-electron chi connectivity index (χ1n) is 5.90. The summed E-state index contributed by atoms with van der Waals surface area (Å²) in [5.41, 5.74) is 6.67. The molecule has 0 aliphatic rings. The molecule has 1 aromatic carbocycles. The molecule has 0 fully saturated rings. The standard InChI is InChI=1S/C13H22N2O3/c1-16-12-7-5-4-6-11(12)15-10(9-14)8-13(17-2)18-3/h4-7,10,13,15H,8-9,14H2,1-3H3. The number of anilines is 1. The van der Waals surface area contributed by atoms with Gasteiger partial charge in [0.2, 0.25) is 0 Å². The molecule has 1 atom stereocenters. The van der Waals surface area contributed by atoms with Gasteiger partial charge in [-0.15, -0.1) is 0 Å². The minimum atomic E-state index is -0.263. The fourth-order valence-electron chi connectivity index (χ4n) is 1.72. The van der Waals surface area contributed by atoms with E-state index in [1.165, 1.54) is 0 Å². The van der Waals surface area contributed by atoms with Gasteiger partial charge in [-0.1, -0.05) is 12.1 Å². The van der Waals surface area contributed by atoms with Crippen molar-refractivity contribution in [3.8, 4) is 5.75 Å².